The third kappa shape index (κ3) is 5.92. The van der Waals surface area contributed by atoms with Gasteiger partial charge in [0.2, 0.25) is 0 Å². The van der Waals surface area contributed by atoms with Crippen LogP contribution in [0.3, 0.4) is 0 Å². The maximum absolute atomic E-state index is 8.79. The van der Waals surface area contributed by atoms with Crippen molar-refractivity contribution in [2.75, 3.05) is 19.7 Å². The van der Waals surface area contributed by atoms with Crippen molar-refractivity contribution in [2.24, 2.45) is 5.92 Å². The van der Waals surface area contributed by atoms with Gasteiger partial charge in [-0.1, -0.05) is 50.8 Å². The number of nitrogens with zero attached hydrogens (tertiary/aromatic N) is 1. The van der Waals surface area contributed by atoms with Crippen molar-refractivity contribution in [3.05, 3.63) is 35.4 Å². The predicted molar refractivity (Wildman–Crippen MR) is 80.8 cm³/mol. The Morgan fingerprint density at radius 3 is 2.63 bits per heavy atom. The van der Waals surface area contributed by atoms with Crippen molar-refractivity contribution in [1.29, 1.82) is 0 Å². The van der Waals surface area contributed by atoms with E-state index in [0.717, 1.165) is 25.2 Å². The summed E-state index contributed by atoms with van der Waals surface area (Å²) in [5.41, 5.74) is 2.36. The van der Waals surface area contributed by atoms with E-state index in [9.17, 15) is 0 Å². The van der Waals surface area contributed by atoms with Gasteiger partial charge < -0.3 is 5.11 Å². The van der Waals surface area contributed by atoms with Gasteiger partial charge in [-0.2, -0.15) is 0 Å². The first-order valence-corrected chi connectivity index (χ1v) is 7.07. The van der Waals surface area contributed by atoms with Gasteiger partial charge in [0, 0.05) is 25.1 Å². The summed E-state index contributed by atoms with van der Waals surface area (Å²) >= 11 is 0. The van der Waals surface area contributed by atoms with Crippen molar-refractivity contribution in [2.45, 2.75) is 33.7 Å². The fraction of sp³-hybridized carbons (Fsp3) is 0.529. The van der Waals surface area contributed by atoms with Crippen LogP contribution in [0.25, 0.3) is 0 Å². The highest BCUT2D eigenvalue weighted by Crippen LogP contribution is 2.12. The van der Waals surface area contributed by atoms with Gasteiger partial charge in [0.25, 0.3) is 0 Å². The van der Waals surface area contributed by atoms with Gasteiger partial charge in [-0.05, 0) is 24.1 Å². The standard InChI is InChI=1S/C17H25NO/c1-4-18(13-15(2)3)14-17-11-6-5-9-16(17)10-7-8-12-19/h5-6,9,11,15,19H,4,8,12-14H2,1-3H3. The fourth-order valence-electron chi connectivity index (χ4n) is 2.06. The Labute approximate surface area is 117 Å². The van der Waals surface area contributed by atoms with Crippen LogP contribution in [0, 0.1) is 17.8 Å². The maximum Gasteiger partial charge on any atom is 0.0540 e. The van der Waals surface area contributed by atoms with Crippen LogP contribution in [-0.2, 0) is 6.54 Å². The van der Waals surface area contributed by atoms with E-state index in [4.69, 9.17) is 5.11 Å². The number of hydrogen-bond donors (Lipinski definition) is 1. The zero-order chi connectivity index (χ0) is 14.1. The first kappa shape index (κ1) is 15.8. The monoisotopic (exact) mass is 259 g/mol. The number of benzene rings is 1. The second-order valence-electron chi connectivity index (χ2n) is 5.15. The summed E-state index contributed by atoms with van der Waals surface area (Å²) in [6, 6.07) is 8.29. The second-order valence-corrected chi connectivity index (χ2v) is 5.15. The Balaban J connectivity index is 2.79. The third-order valence-corrected chi connectivity index (χ3v) is 2.94. The van der Waals surface area contributed by atoms with Crippen LogP contribution in [-0.4, -0.2) is 29.7 Å². The average Bonchev–Trinajstić information content (AvgIpc) is 2.39. The minimum absolute atomic E-state index is 0.129. The molecule has 0 saturated heterocycles. The molecule has 2 heteroatoms. The molecule has 1 aromatic rings. The van der Waals surface area contributed by atoms with Crippen LogP contribution in [0.2, 0.25) is 0 Å². The minimum Gasteiger partial charge on any atom is -0.395 e. The molecule has 0 fully saturated rings. The largest absolute Gasteiger partial charge is 0.395 e. The first-order valence-electron chi connectivity index (χ1n) is 7.07. The highest BCUT2D eigenvalue weighted by atomic mass is 16.2. The molecule has 0 heterocycles. The van der Waals surface area contributed by atoms with Gasteiger partial charge >= 0.3 is 0 Å². The van der Waals surface area contributed by atoms with Crippen LogP contribution in [0.1, 0.15) is 38.3 Å². The lowest BCUT2D eigenvalue weighted by atomic mass is 10.1. The molecule has 1 N–H and O–H groups in total. The number of hydrogen-bond acceptors (Lipinski definition) is 2. The molecular formula is C17H25NO. The van der Waals surface area contributed by atoms with Crippen LogP contribution in [0.5, 0.6) is 0 Å². The zero-order valence-corrected chi connectivity index (χ0v) is 12.3. The molecule has 0 radical (unpaired) electrons. The van der Waals surface area contributed by atoms with E-state index in [1.807, 2.05) is 6.07 Å². The first-order chi connectivity index (χ1) is 9.17. The summed E-state index contributed by atoms with van der Waals surface area (Å²) in [6.45, 7) is 9.92. The molecule has 0 spiro atoms. The molecule has 0 unspecified atom stereocenters. The molecule has 0 aliphatic heterocycles. The zero-order valence-electron chi connectivity index (χ0n) is 12.3. The van der Waals surface area contributed by atoms with Crippen LogP contribution in [0.15, 0.2) is 24.3 Å². The lowest BCUT2D eigenvalue weighted by Gasteiger charge is -2.23. The van der Waals surface area contributed by atoms with Gasteiger partial charge in [-0.25, -0.2) is 0 Å². The number of aliphatic hydroxyl groups excluding tert-OH is 1. The Kier molecular flexibility index (Phi) is 7.25. The minimum atomic E-state index is 0.129. The summed E-state index contributed by atoms with van der Waals surface area (Å²) in [7, 11) is 0. The van der Waals surface area contributed by atoms with E-state index in [2.05, 4.69) is 55.7 Å². The number of rotatable bonds is 6. The van der Waals surface area contributed by atoms with Gasteiger partial charge in [0.15, 0.2) is 0 Å². The molecule has 0 aliphatic carbocycles. The van der Waals surface area contributed by atoms with Gasteiger partial charge in [-0.3, -0.25) is 4.90 Å². The summed E-state index contributed by atoms with van der Waals surface area (Å²) in [5, 5.41) is 8.79. The summed E-state index contributed by atoms with van der Waals surface area (Å²) in [6.07, 6.45) is 0.540. The fourth-order valence-corrected chi connectivity index (χ4v) is 2.06. The Hall–Kier alpha value is -1.30. The molecule has 104 valence electrons. The Morgan fingerprint density at radius 1 is 1.26 bits per heavy atom. The SMILES string of the molecule is CCN(Cc1ccccc1C#CCCO)CC(C)C. The molecular weight excluding hydrogens is 234 g/mol. The quantitative estimate of drug-likeness (QED) is 0.794. The van der Waals surface area contributed by atoms with Crippen molar-refractivity contribution in [3.8, 4) is 11.8 Å². The Morgan fingerprint density at radius 2 is 2.00 bits per heavy atom. The second kappa shape index (κ2) is 8.74. The summed E-state index contributed by atoms with van der Waals surface area (Å²) < 4.78 is 0. The molecule has 0 amide bonds. The smallest absolute Gasteiger partial charge is 0.0540 e. The van der Waals surface area contributed by atoms with Gasteiger partial charge in [-0.15, -0.1) is 0 Å². The summed E-state index contributed by atoms with van der Waals surface area (Å²) in [5.74, 6) is 6.84. The molecule has 1 aromatic carbocycles. The van der Waals surface area contributed by atoms with Crippen molar-refractivity contribution >= 4 is 0 Å². The van der Waals surface area contributed by atoms with Gasteiger partial charge in [0.1, 0.15) is 0 Å². The van der Waals surface area contributed by atoms with Crippen molar-refractivity contribution in [1.82, 2.24) is 4.90 Å². The molecule has 0 atom stereocenters. The van der Waals surface area contributed by atoms with Crippen LogP contribution < -0.4 is 0 Å². The topological polar surface area (TPSA) is 23.5 Å². The molecule has 2 nitrogen and oxygen atoms in total. The summed E-state index contributed by atoms with van der Waals surface area (Å²) in [4.78, 5) is 2.44. The van der Waals surface area contributed by atoms with Gasteiger partial charge in [0.05, 0.1) is 6.61 Å². The molecule has 1 rings (SSSR count). The molecule has 0 saturated carbocycles. The third-order valence-electron chi connectivity index (χ3n) is 2.94. The van der Waals surface area contributed by atoms with E-state index in [0.29, 0.717) is 12.3 Å². The molecule has 0 bridgehead atoms. The molecule has 0 aliphatic rings. The van der Waals surface area contributed by atoms with E-state index in [1.54, 1.807) is 0 Å². The van der Waals surface area contributed by atoms with Crippen molar-refractivity contribution < 1.29 is 5.11 Å². The lowest BCUT2D eigenvalue weighted by Crippen LogP contribution is -2.27. The van der Waals surface area contributed by atoms with E-state index in [1.165, 1.54) is 5.56 Å². The highest BCUT2D eigenvalue weighted by Gasteiger charge is 2.08. The maximum atomic E-state index is 8.79. The average molecular weight is 259 g/mol. The highest BCUT2D eigenvalue weighted by molar-refractivity contribution is 5.41. The van der Waals surface area contributed by atoms with E-state index >= 15 is 0 Å². The Bertz CT molecular complexity index is 428. The van der Waals surface area contributed by atoms with Crippen LogP contribution >= 0.6 is 0 Å². The number of aliphatic hydroxyl groups is 1. The molecule has 19 heavy (non-hydrogen) atoms. The van der Waals surface area contributed by atoms with Crippen LogP contribution in [0.4, 0.5) is 0 Å². The predicted octanol–water partition coefficient (Wildman–Crippen LogP) is 2.90. The van der Waals surface area contributed by atoms with E-state index < -0.39 is 0 Å². The van der Waals surface area contributed by atoms with E-state index in [-0.39, 0.29) is 6.61 Å². The lowest BCUT2D eigenvalue weighted by molar-refractivity contribution is 0.248. The molecule has 0 aromatic heterocycles. The normalized spacial score (nSPS) is 10.6. The van der Waals surface area contributed by atoms with Crippen molar-refractivity contribution in [3.63, 3.8) is 0 Å².